The highest BCUT2D eigenvalue weighted by Crippen LogP contribution is 2.42. The van der Waals surface area contributed by atoms with Crippen LogP contribution < -0.4 is 5.73 Å². The van der Waals surface area contributed by atoms with Gasteiger partial charge in [0, 0.05) is 18.6 Å². The van der Waals surface area contributed by atoms with E-state index in [4.69, 9.17) is 5.73 Å². The van der Waals surface area contributed by atoms with E-state index in [-0.39, 0.29) is 0 Å². The molecule has 19 heavy (non-hydrogen) atoms. The van der Waals surface area contributed by atoms with Crippen molar-refractivity contribution in [2.45, 2.75) is 77.7 Å². The van der Waals surface area contributed by atoms with E-state index in [2.05, 4.69) is 25.7 Å². The summed E-state index contributed by atoms with van der Waals surface area (Å²) < 4.78 is 0. The smallest absolute Gasteiger partial charge is 0.0332 e. The van der Waals surface area contributed by atoms with Crippen molar-refractivity contribution in [3.63, 3.8) is 0 Å². The Hall–Kier alpha value is -0.0800. The van der Waals surface area contributed by atoms with E-state index in [9.17, 15) is 0 Å². The summed E-state index contributed by atoms with van der Waals surface area (Å²) >= 11 is 0. The number of rotatable bonds is 4. The molecule has 0 aromatic heterocycles. The molecule has 2 unspecified atom stereocenters. The van der Waals surface area contributed by atoms with Gasteiger partial charge in [-0.25, -0.2) is 0 Å². The number of nitrogens with zero attached hydrogens (tertiary/aromatic N) is 1. The monoisotopic (exact) mass is 266 g/mol. The highest BCUT2D eigenvalue weighted by atomic mass is 15.2. The molecule has 0 spiro atoms. The molecule has 112 valence electrons. The van der Waals surface area contributed by atoms with Gasteiger partial charge in [0.05, 0.1) is 0 Å². The zero-order chi connectivity index (χ0) is 13.9. The number of hydrogen-bond acceptors (Lipinski definition) is 2. The molecule has 2 heteroatoms. The first-order chi connectivity index (χ1) is 9.01. The summed E-state index contributed by atoms with van der Waals surface area (Å²) in [5, 5.41) is 0. The molecule has 2 fully saturated rings. The lowest BCUT2D eigenvalue weighted by Crippen LogP contribution is -2.52. The van der Waals surface area contributed by atoms with Crippen LogP contribution in [0.1, 0.15) is 72.1 Å². The van der Waals surface area contributed by atoms with Gasteiger partial charge in [-0.1, -0.05) is 33.6 Å². The van der Waals surface area contributed by atoms with Crippen molar-refractivity contribution < 1.29 is 0 Å². The van der Waals surface area contributed by atoms with E-state index >= 15 is 0 Å². The summed E-state index contributed by atoms with van der Waals surface area (Å²) in [5.41, 5.74) is 7.11. The minimum atomic E-state index is 0.330. The fourth-order valence-electron chi connectivity index (χ4n) is 4.27. The molecule has 2 N–H and O–H groups in total. The Kier molecular flexibility index (Phi) is 4.94. The molecule has 0 radical (unpaired) electrons. The van der Waals surface area contributed by atoms with E-state index in [1.54, 1.807) is 0 Å². The second-order valence-corrected chi connectivity index (χ2v) is 7.84. The van der Waals surface area contributed by atoms with E-state index in [0.717, 1.165) is 12.5 Å². The highest BCUT2D eigenvalue weighted by molar-refractivity contribution is 4.98. The van der Waals surface area contributed by atoms with Crippen LogP contribution in [0.5, 0.6) is 0 Å². The molecule has 1 aliphatic carbocycles. The first-order valence-corrected chi connectivity index (χ1v) is 8.46. The quantitative estimate of drug-likeness (QED) is 0.784. The molecule has 1 heterocycles. The van der Waals surface area contributed by atoms with Crippen LogP contribution in [0, 0.1) is 11.3 Å². The van der Waals surface area contributed by atoms with Crippen LogP contribution in [0.15, 0.2) is 0 Å². The van der Waals surface area contributed by atoms with Crippen molar-refractivity contribution >= 4 is 0 Å². The number of hydrogen-bond donors (Lipinski definition) is 1. The summed E-state index contributed by atoms with van der Waals surface area (Å²) in [6.07, 6.45) is 10.9. The normalized spacial score (nSPS) is 36.3. The molecule has 2 nitrogen and oxygen atoms in total. The van der Waals surface area contributed by atoms with Gasteiger partial charge in [0.1, 0.15) is 0 Å². The zero-order valence-electron chi connectivity index (χ0n) is 13.4. The molecule has 1 saturated heterocycles. The van der Waals surface area contributed by atoms with Gasteiger partial charge in [0.25, 0.3) is 0 Å². The Morgan fingerprint density at radius 1 is 1.16 bits per heavy atom. The van der Waals surface area contributed by atoms with E-state index in [1.165, 1.54) is 64.5 Å². The summed E-state index contributed by atoms with van der Waals surface area (Å²) in [6.45, 7) is 10.7. The SMILES string of the molecule is CCCC1CCN(C2(CN)CCCC(C)(C)CC2)C1. The van der Waals surface area contributed by atoms with Crippen molar-refractivity contribution in [2.75, 3.05) is 19.6 Å². The molecule has 2 aliphatic rings. The van der Waals surface area contributed by atoms with Gasteiger partial charge in [-0.3, -0.25) is 4.90 Å². The molecule has 0 aromatic rings. The standard InChI is InChI=1S/C17H34N2/c1-4-6-15-7-12-19(13-15)17(14-18)9-5-8-16(2,3)10-11-17/h15H,4-14,18H2,1-3H3. The molecule has 0 aromatic carbocycles. The van der Waals surface area contributed by atoms with Gasteiger partial charge in [-0.05, 0) is 56.4 Å². The lowest BCUT2D eigenvalue weighted by molar-refractivity contribution is 0.0967. The van der Waals surface area contributed by atoms with Gasteiger partial charge in [0.2, 0.25) is 0 Å². The van der Waals surface area contributed by atoms with Gasteiger partial charge in [-0.15, -0.1) is 0 Å². The highest BCUT2D eigenvalue weighted by Gasteiger charge is 2.41. The van der Waals surface area contributed by atoms with Crippen LogP contribution >= 0.6 is 0 Å². The van der Waals surface area contributed by atoms with Gasteiger partial charge in [-0.2, -0.15) is 0 Å². The molecular formula is C17H34N2. The van der Waals surface area contributed by atoms with Gasteiger partial charge < -0.3 is 5.73 Å². The molecule has 1 aliphatic heterocycles. The third kappa shape index (κ3) is 3.52. The van der Waals surface area contributed by atoms with E-state index in [0.29, 0.717) is 11.0 Å². The summed E-state index contributed by atoms with van der Waals surface area (Å²) in [6, 6.07) is 0. The Bertz CT molecular complexity index is 287. The lowest BCUT2D eigenvalue weighted by Gasteiger charge is -2.41. The van der Waals surface area contributed by atoms with Crippen LogP contribution in [0.25, 0.3) is 0 Å². The Morgan fingerprint density at radius 2 is 1.95 bits per heavy atom. The third-order valence-electron chi connectivity index (χ3n) is 5.80. The second kappa shape index (κ2) is 6.13. The van der Waals surface area contributed by atoms with Crippen LogP contribution in [-0.2, 0) is 0 Å². The Labute approximate surface area is 120 Å². The number of likely N-dealkylation sites (tertiary alicyclic amines) is 1. The van der Waals surface area contributed by atoms with E-state index < -0.39 is 0 Å². The summed E-state index contributed by atoms with van der Waals surface area (Å²) in [4.78, 5) is 2.77. The van der Waals surface area contributed by atoms with Crippen LogP contribution in [0.2, 0.25) is 0 Å². The predicted molar refractivity (Wildman–Crippen MR) is 83.2 cm³/mol. The first-order valence-electron chi connectivity index (χ1n) is 8.46. The van der Waals surface area contributed by atoms with Gasteiger partial charge >= 0.3 is 0 Å². The van der Waals surface area contributed by atoms with Crippen molar-refractivity contribution in [1.29, 1.82) is 0 Å². The fraction of sp³-hybridized carbons (Fsp3) is 1.00. The molecule has 0 amide bonds. The van der Waals surface area contributed by atoms with Crippen LogP contribution in [0.4, 0.5) is 0 Å². The maximum atomic E-state index is 6.25. The first kappa shape index (κ1) is 15.3. The van der Waals surface area contributed by atoms with Gasteiger partial charge in [0.15, 0.2) is 0 Å². The average Bonchev–Trinajstić information content (AvgIpc) is 2.77. The third-order valence-corrected chi connectivity index (χ3v) is 5.80. The lowest BCUT2D eigenvalue weighted by atomic mass is 9.83. The predicted octanol–water partition coefficient (Wildman–Crippen LogP) is 3.80. The minimum Gasteiger partial charge on any atom is -0.329 e. The van der Waals surface area contributed by atoms with Crippen molar-refractivity contribution in [2.24, 2.45) is 17.1 Å². The van der Waals surface area contributed by atoms with E-state index in [1.807, 2.05) is 0 Å². The molecule has 0 bridgehead atoms. The summed E-state index contributed by atoms with van der Waals surface area (Å²) in [7, 11) is 0. The van der Waals surface area contributed by atoms with Crippen LogP contribution in [0.3, 0.4) is 0 Å². The average molecular weight is 266 g/mol. The van der Waals surface area contributed by atoms with Crippen molar-refractivity contribution in [1.82, 2.24) is 4.90 Å². The largest absolute Gasteiger partial charge is 0.329 e. The topological polar surface area (TPSA) is 29.3 Å². The van der Waals surface area contributed by atoms with Crippen molar-refractivity contribution in [3.05, 3.63) is 0 Å². The van der Waals surface area contributed by atoms with Crippen LogP contribution in [-0.4, -0.2) is 30.1 Å². The Morgan fingerprint density at radius 3 is 2.63 bits per heavy atom. The Balaban J connectivity index is 2.02. The zero-order valence-corrected chi connectivity index (χ0v) is 13.4. The molecular weight excluding hydrogens is 232 g/mol. The maximum Gasteiger partial charge on any atom is 0.0332 e. The second-order valence-electron chi connectivity index (χ2n) is 7.84. The molecule has 1 saturated carbocycles. The summed E-state index contributed by atoms with van der Waals surface area (Å²) in [5.74, 6) is 0.935. The number of nitrogens with two attached hydrogens (primary N) is 1. The molecule has 2 rings (SSSR count). The maximum absolute atomic E-state index is 6.25. The molecule has 2 atom stereocenters. The fourth-order valence-corrected chi connectivity index (χ4v) is 4.27. The minimum absolute atomic E-state index is 0.330. The van der Waals surface area contributed by atoms with Crippen molar-refractivity contribution in [3.8, 4) is 0 Å².